The summed E-state index contributed by atoms with van der Waals surface area (Å²) >= 11 is 1.85. The van der Waals surface area contributed by atoms with Gasteiger partial charge in [0.05, 0.1) is 5.69 Å². The fraction of sp³-hybridized carbons (Fsp3) is 0.121. The van der Waals surface area contributed by atoms with E-state index in [0.29, 0.717) is 0 Å². The maximum atomic E-state index is 6.70. The van der Waals surface area contributed by atoms with Gasteiger partial charge in [0.25, 0.3) is 0 Å². The molecule has 0 radical (unpaired) electrons. The normalized spacial score (nSPS) is 12.5. The third-order valence-corrected chi connectivity index (χ3v) is 16.0. The van der Waals surface area contributed by atoms with E-state index in [9.17, 15) is 0 Å². The topological polar surface area (TPSA) is 58.5 Å². The lowest BCUT2D eigenvalue weighted by atomic mass is 9.87. The number of nitrogens with zero attached hydrogens (tertiary/aromatic N) is 4. The van der Waals surface area contributed by atoms with Crippen molar-refractivity contribution in [3.8, 4) is 0 Å². The first kappa shape index (κ1) is 43.3. The summed E-state index contributed by atoms with van der Waals surface area (Å²) in [5.74, 6) is 1.70. The van der Waals surface area contributed by atoms with E-state index in [1.54, 1.807) is 0 Å². The standard InChI is InChI=1S/C66H50N4O2S/c1-65(2,3)39-28-30-67-62(32-39)69(42-23-26-59-53(35-42)48-17-10-11-20-57(48)71-59)41-22-25-46-50(34-41)44-14-7-8-15-45(44)51-37-55-54-36-43(24-27-60(54)73-61(55)38-52(46)51)70(63-33-40(29-31-68-63)66(4,5)6)56-19-13-18-49-47-16-9-12-21-58(47)72-64(49)56/h7-38H,1-6H3. The molecular formula is C66H50N4O2S. The Kier molecular flexibility index (Phi) is 9.48. The van der Waals surface area contributed by atoms with Crippen LogP contribution >= 0.6 is 11.3 Å². The average Bonchev–Trinajstić information content (AvgIpc) is 4.09. The molecule has 0 spiro atoms. The number of anilines is 6. The maximum absolute atomic E-state index is 6.70. The van der Waals surface area contributed by atoms with Crippen molar-refractivity contribution in [2.24, 2.45) is 0 Å². The molecule has 0 unspecified atom stereocenters. The van der Waals surface area contributed by atoms with Gasteiger partial charge in [-0.15, -0.1) is 11.3 Å². The number of furan rings is 2. The predicted molar refractivity (Wildman–Crippen MR) is 309 cm³/mol. The highest BCUT2D eigenvalue weighted by atomic mass is 32.1. The van der Waals surface area contributed by atoms with E-state index in [0.717, 1.165) is 78.3 Å². The van der Waals surface area contributed by atoms with Crippen LogP contribution < -0.4 is 9.80 Å². The number of thiophene rings is 1. The molecule has 0 atom stereocenters. The van der Waals surface area contributed by atoms with Crippen molar-refractivity contribution >= 4 is 142 Å². The van der Waals surface area contributed by atoms with Crippen LogP contribution in [0.25, 0.3) is 96.4 Å². The van der Waals surface area contributed by atoms with Crippen molar-refractivity contribution in [2.75, 3.05) is 9.80 Å². The van der Waals surface area contributed by atoms with Gasteiger partial charge < -0.3 is 8.83 Å². The average molecular weight is 963 g/mol. The lowest BCUT2D eigenvalue weighted by Crippen LogP contribution is -2.15. The van der Waals surface area contributed by atoms with Crippen molar-refractivity contribution in [3.05, 3.63) is 206 Å². The molecule has 352 valence electrons. The Morgan fingerprint density at radius 3 is 1.55 bits per heavy atom. The second-order valence-electron chi connectivity index (χ2n) is 21.5. The van der Waals surface area contributed by atoms with Gasteiger partial charge >= 0.3 is 0 Å². The summed E-state index contributed by atoms with van der Waals surface area (Å²) in [6, 6.07) is 65.8. The van der Waals surface area contributed by atoms with Gasteiger partial charge in [-0.1, -0.05) is 120 Å². The quantitative estimate of drug-likeness (QED) is 0.155. The minimum atomic E-state index is -0.0717. The van der Waals surface area contributed by atoms with Crippen molar-refractivity contribution in [2.45, 2.75) is 52.4 Å². The fourth-order valence-corrected chi connectivity index (χ4v) is 12.2. The minimum Gasteiger partial charge on any atom is -0.456 e. The predicted octanol–water partition coefficient (Wildman–Crippen LogP) is 19.6. The number of hydrogen-bond donors (Lipinski definition) is 0. The molecule has 14 aromatic rings. The molecule has 5 heterocycles. The van der Waals surface area contributed by atoms with Gasteiger partial charge in [0, 0.05) is 71.2 Å². The number of pyridine rings is 2. The van der Waals surface area contributed by atoms with Crippen molar-refractivity contribution in [1.29, 1.82) is 0 Å². The monoisotopic (exact) mass is 962 g/mol. The van der Waals surface area contributed by atoms with Crippen LogP contribution in [0.15, 0.2) is 203 Å². The van der Waals surface area contributed by atoms with Crippen molar-refractivity contribution in [1.82, 2.24) is 9.97 Å². The largest absolute Gasteiger partial charge is 0.456 e. The lowest BCUT2D eigenvalue weighted by molar-refractivity contribution is 0.589. The summed E-state index contributed by atoms with van der Waals surface area (Å²) in [4.78, 5) is 14.7. The molecule has 6 nitrogen and oxygen atoms in total. The first-order chi connectivity index (χ1) is 35.4. The van der Waals surface area contributed by atoms with Crippen molar-refractivity contribution < 1.29 is 8.83 Å². The summed E-state index contributed by atoms with van der Waals surface area (Å²) in [7, 11) is 0. The number of hydrogen-bond acceptors (Lipinski definition) is 7. The van der Waals surface area contributed by atoms with Gasteiger partial charge in [-0.3, -0.25) is 9.80 Å². The third-order valence-electron chi connectivity index (χ3n) is 14.8. The summed E-state index contributed by atoms with van der Waals surface area (Å²) in [6.07, 6.45) is 3.88. The van der Waals surface area contributed by atoms with E-state index in [-0.39, 0.29) is 10.8 Å². The number of rotatable bonds is 6. The van der Waals surface area contributed by atoms with Gasteiger partial charge in [0.15, 0.2) is 5.58 Å². The second kappa shape index (κ2) is 16.0. The van der Waals surface area contributed by atoms with Gasteiger partial charge in [-0.2, -0.15) is 0 Å². The Morgan fingerprint density at radius 2 is 0.849 bits per heavy atom. The molecular weight excluding hydrogens is 913 g/mol. The molecule has 5 aromatic heterocycles. The highest BCUT2D eigenvalue weighted by Crippen LogP contribution is 2.48. The first-order valence-electron chi connectivity index (χ1n) is 25.0. The molecule has 7 heteroatoms. The minimum absolute atomic E-state index is 0.0647. The van der Waals surface area contributed by atoms with Crippen LogP contribution in [0.1, 0.15) is 52.7 Å². The summed E-state index contributed by atoms with van der Waals surface area (Å²) in [5, 5.41) is 14.0. The Labute approximate surface area is 426 Å². The summed E-state index contributed by atoms with van der Waals surface area (Å²) in [6.45, 7) is 13.5. The van der Waals surface area contributed by atoms with E-state index < -0.39 is 0 Å². The molecule has 0 fully saturated rings. The van der Waals surface area contributed by atoms with E-state index in [2.05, 4.69) is 209 Å². The van der Waals surface area contributed by atoms with Crippen LogP contribution in [0.3, 0.4) is 0 Å². The molecule has 14 rings (SSSR count). The zero-order chi connectivity index (χ0) is 49.3. The molecule has 0 bridgehead atoms. The third kappa shape index (κ3) is 6.97. The van der Waals surface area contributed by atoms with E-state index in [1.807, 2.05) is 48.0 Å². The molecule has 9 aromatic carbocycles. The van der Waals surface area contributed by atoms with Gasteiger partial charge in [-0.05, 0) is 157 Å². The van der Waals surface area contributed by atoms with Crippen LogP contribution in [0.4, 0.5) is 34.4 Å². The van der Waals surface area contributed by atoms with E-state index in [1.165, 1.54) is 63.6 Å². The molecule has 0 aliphatic rings. The Bertz CT molecular complexity index is 4570. The smallest absolute Gasteiger partial charge is 0.159 e. The molecule has 73 heavy (non-hydrogen) atoms. The fourth-order valence-electron chi connectivity index (χ4n) is 11.1. The Balaban J connectivity index is 0.962. The van der Waals surface area contributed by atoms with Crippen LogP contribution in [0.5, 0.6) is 0 Å². The Morgan fingerprint density at radius 1 is 0.356 bits per heavy atom. The number of benzene rings is 9. The SMILES string of the molecule is CC(C)(C)c1ccnc(N(c2ccc3oc4ccccc4c3c2)c2ccc3c(c2)c2ccccc2c2cc4c(cc32)sc2ccc(N(c3cc(C(C)(C)C)ccn3)c3cccc5c3oc3ccccc35)cc24)c1. The molecule has 0 N–H and O–H groups in total. The second-order valence-corrected chi connectivity index (χ2v) is 22.5. The number of aromatic nitrogens is 2. The van der Waals surface area contributed by atoms with Crippen LogP contribution in [-0.4, -0.2) is 9.97 Å². The van der Waals surface area contributed by atoms with Gasteiger partial charge in [-0.25, -0.2) is 9.97 Å². The lowest BCUT2D eigenvalue weighted by Gasteiger charge is -2.27. The summed E-state index contributed by atoms with van der Waals surface area (Å²) < 4.78 is 15.5. The molecule has 0 aliphatic carbocycles. The highest BCUT2D eigenvalue weighted by molar-refractivity contribution is 7.25. The molecule has 0 aliphatic heterocycles. The van der Waals surface area contributed by atoms with E-state index in [4.69, 9.17) is 18.8 Å². The van der Waals surface area contributed by atoms with Crippen LogP contribution in [0.2, 0.25) is 0 Å². The molecule has 0 saturated carbocycles. The van der Waals surface area contributed by atoms with E-state index >= 15 is 0 Å². The van der Waals surface area contributed by atoms with Crippen LogP contribution in [-0.2, 0) is 10.8 Å². The maximum Gasteiger partial charge on any atom is 0.159 e. The zero-order valence-electron chi connectivity index (χ0n) is 41.5. The van der Waals surface area contributed by atoms with Gasteiger partial charge in [0.2, 0.25) is 0 Å². The number of para-hydroxylation sites is 3. The summed E-state index contributed by atoms with van der Waals surface area (Å²) in [5.41, 5.74) is 9.74. The molecule has 0 amide bonds. The zero-order valence-corrected chi connectivity index (χ0v) is 42.3. The Hall–Kier alpha value is -8.52. The van der Waals surface area contributed by atoms with Gasteiger partial charge in [0.1, 0.15) is 28.4 Å². The molecule has 0 saturated heterocycles. The van der Waals surface area contributed by atoms with Crippen LogP contribution in [0, 0.1) is 0 Å². The highest BCUT2D eigenvalue weighted by Gasteiger charge is 2.25. The number of fused-ring (bicyclic) bond motifs is 15. The first-order valence-corrected chi connectivity index (χ1v) is 25.8. The van der Waals surface area contributed by atoms with Crippen molar-refractivity contribution in [3.63, 3.8) is 0 Å².